The Morgan fingerprint density at radius 2 is 2.13 bits per heavy atom. The molecule has 1 aromatic carbocycles. The van der Waals surface area contributed by atoms with Gasteiger partial charge in [-0.2, -0.15) is 0 Å². The van der Waals surface area contributed by atoms with Gasteiger partial charge >= 0.3 is 5.97 Å². The van der Waals surface area contributed by atoms with Crippen molar-refractivity contribution in [2.24, 2.45) is 5.92 Å². The highest BCUT2D eigenvalue weighted by Crippen LogP contribution is 2.23. The highest BCUT2D eigenvalue weighted by molar-refractivity contribution is 7.99. The molecule has 1 aromatic heterocycles. The van der Waals surface area contributed by atoms with Gasteiger partial charge < -0.3 is 14.5 Å². The maximum absolute atomic E-state index is 12.1. The Labute approximate surface area is 139 Å². The molecule has 0 aliphatic rings. The second kappa shape index (κ2) is 8.01. The SMILES string of the molecule is CC[C@H](C)[C@H](NC(=O)CSc1nc2ccccc2o1)C(=O)OC. The molecule has 0 aliphatic heterocycles. The van der Waals surface area contributed by atoms with Crippen molar-refractivity contribution >= 4 is 34.7 Å². The van der Waals surface area contributed by atoms with Crippen molar-refractivity contribution in [1.29, 1.82) is 0 Å². The lowest BCUT2D eigenvalue weighted by atomic mass is 9.99. The summed E-state index contributed by atoms with van der Waals surface area (Å²) in [7, 11) is 1.32. The molecule has 0 saturated carbocycles. The summed E-state index contributed by atoms with van der Waals surface area (Å²) in [4.78, 5) is 28.1. The van der Waals surface area contributed by atoms with Crippen molar-refractivity contribution in [1.82, 2.24) is 10.3 Å². The van der Waals surface area contributed by atoms with E-state index in [4.69, 9.17) is 9.15 Å². The Morgan fingerprint density at radius 3 is 2.78 bits per heavy atom. The van der Waals surface area contributed by atoms with Gasteiger partial charge in [0, 0.05) is 0 Å². The molecular formula is C16H20N2O4S. The number of rotatable bonds is 7. The van der Waals surface area contributed by atoms with Crippen LogP contribution in [0.1, 0.15) is 20.3 Å². The van der Waals surface area contributed by atoms with Gasteiger partial charge in [-0.3, -0.25) is 4.79 Å². The van der Waals surface area contributed by atoms with Crippen LogP contribution in [0, 0.1) is 5.92 Å². The van der Waals surface area contributed by atoms with Gasteiger partial charge in [0.1, 0.15) is 11.6 Å². The summed E-state index contributed by atoms with van der Waals surface area (Å²) in [5, 5.41) is 3.15. The molecule has 0 bridgehead atoms. The van der Waals surface area contributed by atoms with Crippen molar-refractivity contribution in [3.63, 3.8) is 0 Å². The van der Waals surface area contributed by atoms with Gasteiger partial charge in [0.25, 0.3) is 5.22 Å². The van der Waals surface area contributed by atoms with Crippen LogP contribution >= 0.6 is 11.8 Å². The van der Waals surface area contributed by atoms with Crippen LogP contribution < -0.4 is 5.32 Å². The fraction of sp³-hybridized carbons (Fsp3) is 0.438. The first-order valence-corrected chi connectivity index (χ1v) is 8.39. The maximum Gasteiger partial charge on any atom is 0.328 e. The van der Waals surface area contributed by atoms with Crippen LogP contribution in [0.25, 0.3) is 11.1 Å². The van der Waals surface area contributed by atoms with E-state index in [1.807, 2.05) is 38.1 Å². The van der Waals surface area contributed by atoms with Crippen LogP contribution in [-0.4, -0.2) is 35.8 Å². The van der Waals surface area contributed by atoms with Crippen LogP contribution in [0.15, 0.2) is 33.9 Å². The molecule has 1 N–H and O–H groups in total. The summed E-state index contributed by atoms with van der Waals surface area (Å²) in [5.41, 5.74) is 1.44. The lowest BCUT2D eigenvalue weighted by molar-refractivity contribution is -0.146. The fourth-order valence-corrected chi connectivity index (χ4v) is 2.70. The first-order chi connectivity index (χ1) is 11.0. The molecule has 0 aliphatic carbocycles. The molecular weight excluding hydrogens is 316 g/mol. The van der Waals surface area contributed by atoms with Gasteiger partial charge in [-0.05, 0) is 18.1 Å². The number of methoxy groups -OCH3 is 1. The Kier molecular flexibility index (Phi) is 6.04. The first-order valence-electron chi connectivity index (χ1n) is 7.40. The topological polar surface area (TPSA) is 81.4 Å². The number of benzene rings is 1. The second-order valence-corrected chi connectivity index (χ2v) is 6.12. The van der Waals surface area contributed by atoms with Crippen molar-refractivity contribution in [2.75, 3.05) is 12.9 Å². The first kappa shape index (κ1) is 17.3. The third-order valence-corrected chi connectivity index (χ3v) is 4.41. The number of carbonyl (C=O) groups excluding carboxylic acids is 2. The Morgan fingerprint density at radius 1 is 1.39 bits per heavy atom. The number of ether oxygens (including phenoxy) is 1. The summed E-state index contributed by atoms with van der Waals surface area (Å²) >= 11 is 1.19. The van der Waals surface area contributed by atoms with E-state index in [2.05, 4.69) is 10.3 Å². The van der Waals surface area contributed by atoms with Gasteiger partial charge in [0.15, 0.2) is 5.58 Å². The number of oxazole rings is 1. The highest BCUT2D eigenvalue weighted by atomic mass is 32.2. The average molecular weight is 336 g/mol. The molecule has 7 heteroatoms. The van der Waals surface area contributed by atoms with E-state index in [0.29, 0.717) is 10.8 Å². The third-order valence-electron chi connectivity index (χ3n) is 3.59. The molecule has 0 unspecified atom stereocenters. The van der Waals surface area contributed by atoms with Crippen molar-refractivity contribution < 1.29 is 18.7 Å². The molecule has 0 fully saturated rings. The summed E-state index contributed by atoms with van der Waals surface area (Å²) in [6.45, 7) is 3.86. The van der Waals surface area contributed by atoms with Gasteiger partial charge in [0.2, 0.25) is 5.91 Å². The quantitative estimate of drug-likeness (QED) is 0.618. The molecule has 1 heterocycles. The zero-order valence-corrected chi connectivity index (χ0v) is 14.2. The number of para-hydroxylation sites is 2. The summed E-state index contributed by atoms with van der Waals surface area (Å²) in [6, 6.07) is 6.77. The minimum Gasteiger partial charge on any atom is -0.467 e. The molecule has 0 spiro atoms. The zero-order valence-electron chi connectivity index (χ0n) is 13.4. The number of hydrogen-bond acceptors (Lipinski definition) is 6. The monoisotopic (exact) mass is 336 g/mol. The van der Waals surface area contributed by atoms with E-state index in [1.54, 1.807) is 0 Å². The van der Waals surface area contributed by atoms with E-state index >= 15 is 0 Å². The number of thioether (sulfide) groups is 1. The van der Waals surface area contributed by atoms with Crippen LogP contribution in [0.5, 0.6) is 0 Å². The molecule has 2 rings (SSSR count). The lowest BCUT2D eigenvalue weighted by Gasteiger charge is -2.21. The van der Waals surface area contributed by atoms with Crippen molar-refractivity contribution in [3.05, 3.63) is 24.3 Å². The summed E-state index contributed by atoms with van der Waals surface area (Å²) < 4.78 is 10.3. The second-order valence-electron chi connectivity index (χ2n) is 5.19. The number of amides is 1. The van der Waals surface area contributed by atoms with Crippen molar-refractivity contribution in [2.45, 2.75) is 31.5 Å². The summed E-state index contributed by atoms with van der Waals surface area (Å²) in [6.07, 6.45) is 0.762. The number of nitrogens with zero attached hydrogens (tertiary/aromatic N) is 1. The number of hydrogen-bond donors (Lipinski definition) is 1. The molecule has 2 atom stereocenters. The minimum absolute atomic E-state index is 0.000672. The van der Waals surface area contributed by atoms with Gasteiger partial charge in [-0.1, -0.05) is 44.2 Å². The third kappa shape index (κ3) is 4.48. The van der Waals surface area contributed by atoms with Crippen LogP contribution in [-0.2, 0) is 14.3 Å². The van der Waals surface area contributed by atoms with E-state index in [1.165, 1.54) is 18.9 Å². The van der Waals surface area contributed by atoms with Gasteiger partial charge in [-0.15, -0.1) is 0 Å². The molecule has 124 valence electrons. The Bertz CT molecular complexity index is 653. The fourth-order valence-electron chi connectivity index (χ4n) is 2.05. The van der Waals surface area contributed by atoms with E-state index in [9.17, 15) is 9.59 Å². The number of nitrogens with one attached hydrogen (secondary N) is 1. The number of carbonyl (C=O) groups is 2. The molecule has 0 radical (unpaired) electrons. The lowest BCUT2D eigenvalue weighted by Crippen LogP contribution is -2.46. The predicted octanol–water partition coefficient (Wildman–Crippen LogP) is 2.62. The van der Waals surface area contributed by atoms with Gasteiger partial charge in [-0.25, -0.2) is 9.78 Å². The van der Waals surface area contributed by atoms with Crippen LogP contribution in [0.3, 0.4) is 0 Å². The average Bonchev–Trinajstić information content (AvgIpc) is 2.99. The van der Waals surface area contributed by atoms with Gasteiger partial charge in [0.05, 0.1) is 12.9 Å². The highest BCUT2D eigenvalue weighted by Gasteiger charge is 2.26. The molecule has 1 amide bonds. The molecule has 2 aromatic rings. The Hall–Kier alpha value is -2.02. The standard InChI is InChI=1S/C16H20N2O4S/c1-4-10(2)14(15(20)21-3)18-13(19)9-23-16-17-11-7-5-6-8-12(11)22-16/h5-8,10,14H,4,9H2,1-3H3,(H,18,19)/t10-,14-/m0/s1. The number of fused-ring (bicyclic) bond motifs is 1. The predicted molar refractivity (Wildman–Crippen MR) is 88.1 cm³/mol. The molecule has 23 heavy (non-hydrogen) atoms. The van der Waals surface area contributed by atoms with E-state index in [-0.39, 0.29) is 17.6 Å². The molecule has 6 nitrogen and oxygen atoms in total. The largest absolute Gasteiger partial charge is 0.467 e. The molecule has 0 saturated heterocycles. The van der Waals surface area contributed by atoms with Crippen molar-refractivity contribution in [3.8, 4) is 0 Å². The van der Waals surface area contributed by atoms with Crippen LogP contribution in [0.4, 0.5) is 0 Å². The Balaban J connectivity index is 1.94. The number of aromatic nitrogens is 1. The summed E-state index contributed by atoms with van der Waals surface area (Å²) in [5.74, 6) is -0.565. The zero-order chi connectivity index (χ0) is 16.8. The maximum atomic E-state index is 12.1. The normalized spacial score (nSPS) is 13.5. The van der Waals surface area contributed by atoms with E-state index < -0.39 is 12.0 Å². The van der Waals surface area contributed by atoms with Crippen LogP contribution in [0.2, 0.25) is 0 Å². The smallest absolute Gasteiger partial charge is 0.328 e. The number of esters is 1. The minimum atomic E-state index is -0.637. The van der Waals surface area contributed by atoms with E-state index in [0.717, 1.165) is 11.9 Å².